The molecule has 1 heterocycles. The second kappa shape index (κ2) is 5.32. The summed E-state index contributed by atoms with van der Waals surface area (Å²) in [5, 5.41) is 16.3. The van der Waals surface area contributed by atoms with Gasteiger partial charge in [-0.25, -0.2) is 4.79 Å². The molecule has 0 fully saturated rings. The first kappa shape index (κ1) is 13.4. The van der Waals surface area contributed by atoms with Crippen LogP contribution in [0.3, 0.4) is 0 Å². The third kappa shape index (κ3) is 2.88. The third-order valence-electron chi connectivity index (χ3n) is 2.74. The lowest BCUT2D eigenvalue weighted by molar-refractivity contribution is 0.0693. The van der Waals surface area contributed by atoms with Crippen molar-refractivity contribution >= 4 is 17.6 Å². The van der Waals surface area contributed by atoms with Crippen molar-refractivity contribution in [2.75, 3.05) is 0 Å². The summed E-state index contributed by atoms with van der Waals surface area (Å²) in [5.74, 6) is -0.393. The Hall–Kier alpha value is -2.01. The van der Waals surface area contributed by atoms with Crippen LogP contribution in [0.25, 0.3) is 0 Å². The number of benzene rings is 1. The standard InChI is InChI=1S/C13H13ClN2O3/c1-7-5-9(3-4-10(7)14)19-6-11-12(13(17)18)8(2)15-16-11/h3-5H,6H2,1-2H3,(H,15,16)(H,17,18). The first-order chi connectivity index (χ1) is 8.99. The summed E-state index contributed by atoms with van der Waals surface area (Å²) in [5.41, 5.74) is 1.94. The van der Waals surface area contributed by atoms with Gasteiger partial charge in [-0.1, -0.05) is 11.6 Å². The maximum Gasteiger partial charge on any atom is 0.339 e. The molecule has 0 saturated heterocycles. The molecule has 0 aliphatic rings. The van der Waals surface area contributed by atoms with Crippen molar-refractivity contribution in [2.45, 2.75) is 20.5 Å². The van der Waals surface area contributed by atoms with E-state index < -0.39 is 5.97 Å². The van der Waals surface area contributed by atoms with Gasteiger partial charge in [0, 0.05) is 10.7 Å². The van der Waals surface area contributed by atoms with Crippen molar-refractivity contribution in [1.29, 1.82) is 0 Å². The number of hydrogen-bond donors (Lipinski definition) is 2. The minimum atomic E-state index is -1.02. The van der Waals surface area contributed by atoms with E-state index in [1.54, 1.807) is 25.1 Å². The lowest BCUT2D eigenvalue weighted by Gasteiger charge is -2.06. The lowest BCUT2D eigenvalue weighted by atomic mass is 10.2. The summed E-state index contributed by atoms with van der Waals surface area (Å²) in [6.45, 7) is 3.62. The first-order valence-electron chi connectivity index (χ1n) is 5.65. The molecule has 0 aliphatic carbocycles. The number of aromatic nitrogens is 2. The van der Waals surface area contributed by atoms with Gasteiger partial charge in [0.25, 0.3) is 0 Å². The van der Waals surface area contributed by atoms with E-state index in [9.17, 15) is 4.79 Å². The molecule has 19 heavy (non-hydrogen) atoms. The van der Waals surface area contributed by atoms with Crippen molar-refractivity contribution in [3.63, 3.8) is 0 Å². The largest absolute Gasteiger partial charge is 0.487 e. The van der Waals surface area contributed by atoms with Crippen LogP contribution in [0.5, 0.6) is 5.75 Å². The molecule has 5 nitrogen and oxygen atoms in total. The van der Waals surface area contributed by atoms with Crippen molar-refractivity contribution in [3.05, 3.63) is 45.7 Å². The van der Waals surface area contributed by atoms with Crippen LogP contribution in [0.4, 0.5) is 0 Å². The van der Waals surface area contributed by atoms with E-state index in [1.165, 1.54) is 0 Å². The van der Waals surface area contributed by atoms with Gasteiger partial charge in [-0.3, -0.25) is 5.10 Å². The number of aromatic amines is 1. The van der Waals surface area contributed by atoms with Crippen molar-refractivity contribution in [2.24, 2.45) is 0 Å². The fourth-order valence-corrected chi connectivity index (χ4v) is 1.84. The molecule has 1 aromatic heterocycles. The molecule has 0 unspecified atom stereocenters. The van der Waals surface area contributed by atoms with E-state index >= 15 is 0 Å². The van der Waals surface area contributed by atoms with Gasteiger partial charge in [0.1, 0.15) is 23.6 Å². The summed E-state index contributed by atoms with van der Waals surface area (Å²) < 4.78 is 5.53. The molecular formula is C13H13ClN2O3. The summed E-state index contributed by atoms with van der Waals surface area (Å²) in [4.78, 5) is 11.1. The number of rotatable bonds is 4. The fourth-order valence-electron chi connectivity index (χ4n) is 1.73. The summed E-state index contributed by atoms with van der Waals surface area (Å²) in [6, 6.07) is 5.26. The van der Waals surface area contributed by atoms with E-state index in [2.05, 4.69) is 10.2 Å². The minimum absolute atomic E-state index is 0.0903. The third-order valence-corrected chi connectivity index (χ3v) is 3.17. The normalized spacial score (nSPS) is 10.5. The van der Waals surface area contributed by atoms with E-state index in [1.807, 2.05) is 6.92 Å². The maximum atomic E-state index is 11.1. The second-order valence-electron chi connectivity index (χ2n) is 4.18. The Kier molecular flexibility index (Phi) is 3.76. The van der Waals surface area contributed by atoms with E-state index in [0.717, 1.165) is 5.56 Å². The van der Waals surface area contributed by atoms with Crippen molar-refractivity contribution < 1.29 is 14.6 Å². The Bertz CT molecular complexity index is 622. The van der Waals surface area contributed by atoms with Crippen molar-refractivity contribution in [3.8, 4) is 5.75 Å². The van der Waals surface area contributed by atoms with Gasteiger partial charge in [-0.15, -0.1) is 0 Å². The molecule has 2 aromatic rings. The molecule has 0 saturated carbocycles. The van der Waals surface area contributed by atoms with Gasteiger partial charge < -0.3 is 9.84 Å². The quantitative estimate of drug-likeness (QED) is 0.903. The Morgan fingerprint density at radius 3 is 2.84 bits per heavy atom. The topological polar surface area (TPSA) is 75.2 Å². The molecule has 100 valence electrons. The molecule has 0 bridgehead atoms. The highest BCUT2D eigenvalue weighted by molar-refractivity contribution is 6.31. The van der Waals surface area contributed by atoms with Crippen LogP contribution in [0, 0.1) is 13.8 Å². The van der Waals surface area contributed by atoms with Gasteiger partial charge >= 0.3 is 5.97 Å². The summed E-state index contributed by atoms with van der Waals surface area (Å²) in [7, 11) is 0. The molecule has 0 radical (unpaired) electrons. The van der Waals surface area contributed by atoms with E-state index in [4.69, 9.17) is 21.4 Å². The SMILES string of the molecule is Cc1cc(OCc2n[nH]c(C)c2C(=O)O)ccc1Cl. The Balaban J connectivity index is 2.14. The van der Waals surface area contributed by atoms with Gasteiger partial charge in [0.15, 0.2) is 0 Å². The first-order valence-corrected chi connectivity index (χ1v) is 6.03. The average Bonchev–Trinajstić information content (AvgIpc) is 2.72. The number of aryl methyl sites for hydroxylation is 2. The Morgan fingerprint density at radius 2 is 2.21 bits per heavy atom. The minimum Gasteiger partial charge on any atom is -0.487 e. The highest BCUT2D eigenvalue weighted by Crippen LogP contribution is 2.22. The second-order valence-corrected chi connectivity index (χ2v) is 4.58. The maximum absolute atomic E-state index is 11.1. The number of carboxylic acids is 1. The zero-order valence-corrected chi connectivity index (χ0v) is 11.3. The predicted octanol–water partition coefficient (Wildman–Crippen LogP) is 2.96. The van der Waals surface area contributed by atoms with Gasteiger partial charge in [-0.2, -0.15) is 5.10 Å². The number of aromatic carboxylic acids is 1. The average molecular weight is 281 g/mol. The van der Waals surface area contributed by atoms with E-state index in [0.29, 0.717) is 22.2 Å². The van der Waals surface area contributed by atoms with Crippen LogP contribution in [0.2, 0.25) is 5.02 Å². The number of carbonyl (C=O) groups is 1. The number of hydrogen-bond acceptors (Lipinski definition) is 3. The van der Waals surface area contributed by atoms with Gasteiger partial charge in [-0.05, 0) is 37.6 Å². The summed E-state index contributed by atoms with van der Waals surface area (Å²) in [6.07, 6.45) is 0. The summed E-state index contributed by atoms with van der Waals surface area (Å²) >= 11 is 5.92. The van der Waals surface area contributed by atoms with Gasteiger partial charge in [0.2, 0.25) is 0 Å². The molecule has 0 spiro atoms. The molecule has 2 rings (SSSR count). The van der Waals surface area contributed by atoms with Crippen LogP contribution < -0.4 is 4.74 Å². The number of carboxylic acid groups (broad SMARTS) is 1. The smallest absolute Gasteiger partial charge is 0.339 e. The van der Waals surface area contributed by atoms with Crippen LogP contribution in [-0.4, -0.2) is 21.3 Å². The number of H-pyrrole nitrogens is 1. The number of nitrogens with zero attached hydrogens (tertiary/aromatic N) is 1. The van der Waals surface area contributed by atoms with Crippen LogP contribution >= 0.6 is 11.6 Å². The van der Waals surface area contributed by atoms with Crippen LogP contribution in [0.15, 0.2) is 18.2 Å². The van der Waals surface area contributed by atoms with Crippen LogP contribution in [-0.2, 0) is 6.61 Å². The van der Waals surface area contributed by atoms with Crippen molar-refractivity contribution in [1.82, 2.24) is 10.2 Å². The van der Waals surface area contributed by atoms with E-state index in [-0.39, 0.29) is 12.2 Å². The highest BCUT2D eigenvalue weighted by Gasteiger charge is 2.17. The van der Waals surface area contributed by atoms with Crippen LogP contribution in [0.1, 0.15) is 27.3 Å². The molecule has 1 aromatic carbocycles. The number of ether oxygens (including phenoxy) is 1. The molecular weight excluding hydrogens is 268 g/mol. The lowest BCUT2D eigenvalue weighted by Crippen LogP contribution is -2.05. The monoisotopic (exact) mass is 280 g/mol. The van der Waals surface area contributed by atoms with Gasteiger partial charge in [0.05, 0.1) is 0 Å². The highest BCUT2D eigenvalue weighted by atomic mass is 35.5. The predicted molar refractivity (Wildman–Crippen MR) is 70.8 cm³/mol. The number of nitrogens with one attached hydrogen (secondary N) is 1. The molecule has 6 heteroatoms. The molecule has 0 aliphatic heterocycles. The number of halogens is 1. The molecule has 0 atom stereocenters. The zero-order valence-electron chi connectivity index (χ0n) is 10.5. The fraction of sp³-hybridized carbons (Fsp3) is 0.231. The molecule has 2 N–H and O–H groups in total. The zero-order chi connectivity index (χ0) is 14.0. The Morgan fingerprint density at radius 1 is 1.47 bits per heavy atom. The molecule has 0 amide bonds. The Labute approximate surface area is 115 Å².